The number of amides is 1. The van der Waals surface area contributed by atoms with Crippen LogP contribution in [0.5, 0.6) is 0 Å². The molecule has 0 saturated carbocycles. The summed E-state index contributed by atoms with van der Waals surface area (Å²) in [4.78, 5) is 13.0. The van der Waals surface area contributed by atoms with E-state index in [1.165, 1.54) is 83.1 Å². The highest BCUT2D eigenvalue weighted by Gasteiger charge is 2.48. The first-order chi connectivity index (χ1) is 26.4. The quantitative estimate of drug-likeness (QED) is 0.0223. The molecule has 55 heavy (non-hydrogen) atoms. The highest BCUT2D eigenvalue weighted by molar-refractivity contribution is 7.80. The Morgan fingerprint density at radius 3 is 1.75 bits per heavy atom. The fourth-order valence-corrected chi connectivity index (χ4v) is 6.88. The van der Waals surface area contributed by atoms with Gasteiger partial charge in [0.2, 0.25) is 5.91 Å². The lowest BCUT2D eigenvalue weighted by Crippen LogP contribution is -2.61. The number of aliphatic hydroxyl groups excluding tert-OH is 5. The number of nitrogens with one attached hydrogen (secondary N) is 1. The lowest BCUT2D eigenvalue weighted by Gasteiger charge is -2.41. The van der Waals surface area contributed by atoms with Crippen LogP contribution in [0, 0.1) is 0 Å². The molecular formula is C41H75NO12S. The average molecular weight is 806 g/mol. The molecule has 0 bridgehead atoms. The molecule has 0 spiro atoms. The van der Waals surface area contributed by atoms with Crippen LogP contribution >= 0.6 is 0 Å². The molecule has 1 heterocycles. The molecule has 1 rings (SSSR count). The van der Waals surface area contributed by atoms with Gasteiger partial charge >= 0.3 is 10.4 Å². The molecule has 7 N–H and O–H groups in total. The number of ether oxygens (including phenoxy) is 2. The number of carbonyl (C=O) groups is 1. The number of unbranched alkanes of at least 4 members (excludes halogenated alkanes) is 17. The summed E-state index contributed by atoms with van der Waals surface area (Å²) in [7, 11) is -5.12. The van der Waals surface area contributed by atoms with Gasteiger partial charge in [-0.3, -0.25) is 9.35 Å². The maximum absolute atomic E-state index is 13.0. The van der Waals surface area contributed by atoms with Crippen LogP contribution < -0.4 is 5.32 Å². The fourth-order valence-electron chi connectivity index (χ4n) is 6.37. The first-order valence-electron chi connectivity index (χ1n) is 21.0. The molecule has 322 valence electrons. The summed E-state index contributed by atoms with van der Waals surface area (Å²) in [6, 6.07) is -1.14. The summed E-state index contributed by atoms with van der Waals surface area (Å²) in [5.41, 5.74) is 0. The van der Waals surface area contributed by atoms with Gasteiger partial charge in [-0.25, -0.2) is 4.18 Å². The number of hydrogen-bond donors (Lipinski definition) is 7. The van der Waals surface area contributed by atoms with Crippen molar-refractivity contribution < 1.29 is 57.0 Å². The number of rotatable bonds is 34. The van der Waals surface area contributed by atoms with Gasteiger partial charge in [0.25, 0.3) is 0 Å². The molecule has 0 aliphatic carbocycles. The van der Waals surface area contributed by atoms with Crippen LogP contribution in [-0.4, -0.2) is 107 Å². The minimum atomic E-state index is -5.12. The van der Waals surface area contributed by atoms with Crippen molar-refractivity contribution in [2.45, 2.75) is 204 Å². The van der Waals surface area contributed by atoms with E-state index in [9.17, 15) is 38.7 Å². The average Bonchev–Trinajstić information content (AvgIpc) is 3.15. The van der Waals surface area contributed by atoms with Gasteiger partial charge in [-0.1, -0.05) is 147 Å². The third-order valence-corrected chi connectivity index (χ3v) is 10.2. The minimum Gasteiger partial charge on any atom is -0.394 e. The van der Waals surface area contributed by atoms with Crippen molar-refractivity contribution in [3.05, 3.63) is 36.5 Å². The summed E-state index contributed by atoms with van der Waals surface area (Å²) >= 11 is 0. The lowest BCUT2D eigenvalue weighted by atomic mass is 9.99. The van der Waals surface area contributed by atoms with E-state index in [1.54, 1.807) is 6.08 Å². The molecule has 0 radical (unpaired) electrons. The molecule has 0 aromatic rings. The second-order valence-electron chi connectivity index (χ2n) is 14.7. The standard InChI is InChI=1S/C41H75NO12S/c1-3-5-7-9-11-13-15-16-17-18-20-21-23-25-27-29-34(44)33(32-52-41-38(47)39(54-55(49,50)51)37(46)36(31-43)53-41)42-40(48)35(45)30-28-26-24-22-19-14-12-10-8-6-4-2/h15-16,20-21,27,29,33-39,41,43-47H,3-14,17-19,22-26,28,30-32H2,1-2H3,(H,42,48)(H,49,50,51)/b16-15+,21-20+,29-27+. The number of carbonyl (C=O) groups excluding carboxylic acids is 1. The monoisotopic (exact) mass is 806 g/mol. The Hall–Kier alpha value is -1.72. The SMILES string of the molecule is CCCCCCC/C=C/CC/C=C/CC/C=C/C(O)C(COC1OC(CO)C(O)C(OS(=O)(=O)O)C1O)NC(=O)C(O)CCCCCCCCCCCCC. The zero-order valence-electron chi connectivity index (χ0n) is 33.6. The van der Waals surface area contributed by atoms with E-state index in [0.717, 1.165) is 44.9 Å². The Bertz CT molecular complexity index is 1150. The largest absolute Gasteiger partial charge is 0.397 e. The van der Waals surface area contributed by atoms with Crippen LogP contribution in [0.2, 0.25) is 0 Å². The second kappa shape index (κ2) is 32.3. The Balaban J connectivity index is 2.71. The van der Waals surface area contributed by atoms with Crippen LogP contribution in [0.25, 0.3) is 0 Å². The minimum absolute atomic E-state index is 0.235. The Kier molecular flexibility index (Phi) is 30.1. The Morgan fingerprint density at radius 2 is 1.22 bits per heavy atom. The van der Waals surface area contributed by atoms with E-state index in [2.05, 4.69) is 47.7 Å². The van der Waals surface area contributed by atoms with Crippen LogP contribution in [0.4, 0.5) is 0 Å². The highest BCUT2D eigenvalue weighted by atomic mass is 32.3. The van der Waals surface area contributed by atoms with Gasteiger partial charge in [0.05, 0.1) is 25.4 Å². The number of aliphatic hydroxyl groups is 5. The molecule has 8 unspecified atom stereocenters. The molecule has 1 aliphatic heterocycles. The van der Waals surface area contributed by atoms with E-state index in [0.29, 0.717) is 12.8 Å². The molecule has 1 fully saturated rings. The molecule has 1 saturated heterocycles. The number of hydrogen-bond acceptors (Lipinski definition) is 11. The second-order valence-corrected chi connectivity index (χ2v) is 15.8. The van der Waals surface area contributed by atoms with Crippen molar-refractivity contribution in [3.8, 4) is 0 Å². The van der Waals surface area contributed by atoms with Gasteiger partial charge in [0.1, 0.15) is 30.5 Å². The maximum Gasteiger partial charge on any atom is 0.397 e. The molecule has 8 atom stereocenters. The molecular weight excluding hydrogens is 731 g/mol. The van der Waals surface area contributed by atoms with Gasteiger partial charge in [-0.05, 0) is 44.9 Å². The summed E-state index contributed by atoms with van der Waals surface area (Å²) in [6.45, 7) is 3.14. The Labute approximate surface area is 331 Å². The summed E-state index contributed by atoms with van der Waals surface area (Å²) in [5.74, 6) is -0.719. The first-order valence-corrected chi connectivity index (χ1v) is 22.3. The molecule has 1 amide bonds. The first kappa shape index (κ1) is 51.3. The van der Waals surface area contributed by atoms with Crippen LogP contribution in [0.3, 0.4) is 0 Å². The predicted octanol–water partition coefficient (Wildman–Crippen LogP) is 6.13. The van der Waals surface area contributed by atoms with Gasteiger partial charge in [-0.2, -0.15) is 8.42 Å². The van der Waals surface area contributed by atoms with Gasteiger partial charge in [0.15, 0.2) is 6.29 Å². The van der Waals surface area contributed by atoms with E-state index < -0.39 is 78.5 Å². The van der Waals surface area contributed by atoms with E-state index in [1.807, 2.05) is 0 Å². The van der Waals surface area contributed by atoms with E-state index >= 15 is 0 Å². The van der Waals surface area contributed by atoms with Crippen molar-refractivity contribution >= 4 is 16.3 Å². The van der Waals surface area contributed by atoms with Crippen LogP contribution in [-0.2, 0) is 28.9 Å². The molecule has 1 aliphatic rings. The van der Waals surface area contributed by atoms with Gasteiger partial charge in [-0.15, -0.1) is 0 Å². The van der Waals surface area contributed by atoms with Crippen molar-refractivity contribution in [3.63, 3.8) is 0 Å². The molecule has 14 heteroatoms. The normalized spacial score (nSPS) is 22.5. The number of allylic oxidation sites excluding steroid dienone is 5. The van der Waals surface area contributed by atoms with Crippen LogP contribution in [0.1, 0.15) is 155 Å². The summed E-state index contributed by atoms with van der Waals surface area (Å²) in [5, 5.41) is 54.9. The van der Waals surface area contributed by atoms with Gasteiger partial charge < -0.3 is 40.3 Å². The zero-order chi connectivity index (χ0) is 40.7. The summed E-state index contributed by atoms with van der Waals surface area (Å²) in [6.07, 6.45) is 23.8. The van der Waals surface area contributed by atoms with E-state index in [4.69, 9.17) is 14.0 Å². The smallest absolute Gasteiger partial charge is 0.394 e. The molecule has 0 aromatic carbocycles. The van der Waals surface area contributed by atoms with Crippen molar-refractivity contribution in [1.29, 1.82) is 0 Å². The maximum atomic E-state index is 13.0. The lowest BCUT2D eigenvalue weighted by molar-refractivity contribution is -0.298. The van der Waals surface area contributed by atoms with Crippen molar-refractivity contribution in [1.82, 2.24) is 5.32 Å². The zero-order valence-corrected chi connectivity index (χ0v) is 34.4. The predicted molar refractivity (Wildman–Crippen MR) is 214 cm³/mol. The van der Waals surface area contributed by atoms with Crippen LogP contribution in [0.15, 0.2) is 36.5 Å². The van der Waals surface area contributed by atoms with E-state index in [-0.39, 0.29) is 6.42 Å². The van der Waals surface area contributed by atoms with Crippen molar-refractivity contribution in [2.75, 3.05) is 13.2 Å². The van der Waals surface area contributed by atoms with Crippen molar-refractivity contribution in [2.24, 2.45) is 0 Å². The topological polar surface area (TPSA) is 212 Å². The molecule has 13 nitrogen and oxygen atoms in total. The third kappa shape index (κ3) is 25.3. The molecule has 0 aromatic heterocycles. The Morgan fingerprint density at radius 1 is 0.727 bits per heavy atom. The summed E-state index contributed by atoms with van der Waals surface area (Å²) < 4.78 is 47.3. The fraction of sp³-hybridized carbons (Fsp3) is 0.829. The van der Waals surface area contributed by atoms with Gasteiger partial charge in [0, 0.05) is 0 Å². The third-order valence-electron chi connectivity index (χ3n) is 9.76. The highest BCUT2D eigenvalue weighted by Crippen LogP contribution is 2.26.